The summed E-state index contributed by atoms with van der Waals surface area (Å²) >= 11 is 4.62. The molecule has 5 nitrogen and oxygen atoms in total. The number of hydrazone groups is 1. The van der Waals surface area contributed by atoms with Gasteiger partial charge in [0.15, 0.2) is 5.11 Å². The van der Waals surface area contributed by atoms with Crippen LogP contribution in [0.1, 0.15) is 33.1 Å². The second kappa shape index (κ2) is 5.79. The molecule has 1 saturated heterocycles. The fourth-order valence-electron chi connectivity index (χ4n) is 1.66. The number of cyclic esters (lactones) is 1. The first kappa shape index (κ1) is 12.9. The highest BCUT2D eigenvalue weighted by Gasteiger charge is 2.31. The Balaban J connectivity index is 2.31. The predicted octanol–water partition coefficient (Wildman–Crippen LogP) is 0.927. The van der Waals surface area contributed by atoms with Gasteiger partial charge in [0.05, 0.1) is 12.0 Å². The van der Waals surface area contributed by atoms with Crippen molar-refractivity contribution >= 4 is 29.0 Å². The van der Waals surface area contributed by atoms with E-state index in [1.54, 1.807) is 0 Å². The monoisotopic (exact) mass is 243 g/mol. The van der Waals surface area contributed by atoms with E-state index < -0.39 is 0 Å². The van der Waals surface area contributed by atoms with Gasteiger partial charge in [0, 0.05) is 5.71 Å². The van der Waals surface area contributed by atoms with Crippen molar-refractivity contribution in [2.24, 2.45) is 16.8 Å². The summed E-state index contributed by atoms with van der Waals surface area (Å²) in [5.74, 6) is -0.0902. The van der Waals surface area contributed by atoms with Crippen LogP contribution < -0.4 is 11.2 Å². The van der Waals surface area contributed by atoms with Crippen LogP contribution in [0.3, 0.4) is 0 Å². The Kier molecular flexibility index (Phi) is 4.67. The topological polar surface area (TPSA) is 76.7 Å². The molecule has 0 aromatic rings. The molecule has 0 aromatic carbocycles. The van der Waals surface area contributed by atoms with E-state index in [-0.39, 0.29) is 23.1 Å². The first-order chi connectivity index (χ1) is 7.49. The lowest BCUT2D eigenvalue weighted by molar-refractivity contribution is -0.143. The number of hydrogen-bond donors (Lipinski definition) is 2. The number of esters is 1. The summed E-state index contributed by atoms with van der Waals surface area (Å²) in [4.78, 5) is 11.3. The second-order valence-electron chi connectivity index (χ2n) is 4.04. The third kappa shape index (κ3) is 4.14. The van der Waals surface area contributed by atoms with Crippen LogP contribution in [0.5, 0.6) is 0 Å². The molecule has 0 amide bonds. The van der Waals surface area contributed by atoms with Crippen LogP contribution in [0.15, 0.2) is 5.10 Å². The average molecular weight is 243 g/mol. The van der Waals surface area contributed by atoms with Crippen molar-refractivity contribution in [3.63, 3.8) is 0 Å². The maximum atomic E-state index is 11.3. The molecule has 0 radical (unpaired) electrons. The van der Waals surface area contributed by atoms with Gasteiger partial charge in [-0.3, -0.25) is 10.2 Å². The van der Waals surface area contributed by atoms with Crippen molar-refractivity contribution < 1.29 is 9.53 Å². The van der Waals surface area contributed by atoms with Crippen LogP contribution in [0, 0.1) is 5.92 Å². The summed E-state index contributed by atoms with van der Waals surface area (Å²) in [6.07, 6.45) is 2.35. The number of nitrogens with two attached hydrogens (primary N) is 1. The minimum atomic E-state index is -0.0948. The Bertz CT molecular complexity index is 317. The molecule has 1 rings (SSSR count). The Morgan fingerprint density at radius 1 is 1.75 bits per heavy atom. The van der Waals surface area contributed by atoms with Crippen molar-refractivity contribution in [1.29, 1.82) is 0 Å². The molecule has 1 aliphatic heterocycles. The third-order valence-electron chi connectivity index (χ3n) is 2.48. The van der Waals surface area contributed by atoms with E-state index in [1.165, 1.54) is 0 Å². The molecular weight excluding hydrogens is 226 g/mol. The molecule has 1 heterocycles. The third-order valence-corrected chi connectivity index (χ3v) is 2.57. The fourth-order valence-corrected chi connectivity index (χ4v) is 1.71. The normalized spacial score (nSPS) is 25.4. The summed E-state index contributed by atoms with van der Waals surface area (Å²) in [5.41, 5.74) is 8.64. The van der Waals surface area contributed by atoms with Crippen LogP contribution in [0.4, 0.5) is 0 Å². The van der Waals surface area contributed by atoms with Crippen LogP contribution in [-0.4, -0.2) is 22.9 Å². The van der Waals surface area contributed by atoms with Crippen molar-refractivity contribution in [1.82, 2.24) is 5.43 Å². The van der Waals surface area contributed by atoms with Crippen molar-refractivity contribution in [3.8, 4) is 0 Å². The number of carbonyl (C=O) groups excluding carboxylic acids is 1. The Hall–Kier alpha value is -1.17. The zero-order chi connectivity index (χ0) is 12.1. The smallest absolute Gasteiger partial charge is 0.309 e. The maximum Gasteiger partial charge on any atom is 0.309 e. The van der Waals surface area contributed by atoms with Crippen LogP contribution >= 0.6 is 12.2 Å². The van der Waals surface area contributed by atoms with Gasteiger partial charge in [0.2, 0.25) is 0 Å². The Labute approximate surface area is 100 Å². The van der Waals surface area contributed by atoms with Gasteiger partial charge in [-0.25, -0.2) is 0 Å². The van der Waals surface area contributed by atoms with E-state index in [4.69, 9.17) is 10.5 Å². The number of thiocarbonyl (C=S) groups is 1. The molecule has 0 aromatic heterocycles. The highest BCUT2D eigenvalue weighted by atomic mass is 32.1. The van der Waals surface area contributed by atoms with E-state index in [9.17, 15) is 4.79 Å². The zero-order valence-corrected chi connectivity index (χ0v) is 10.3. The first-order valence-electron chi connectivity index (χ1n) is 5.28. The number of nitrogens with one attached hydrogen (secondary N) is 1. The molecule has 0 bridgehead atoms. The van der Waals surface area contributed by atoms with Crippen LogP contribution in [-0.2, 0) is 9.53 Å². The quantitative estimate of drug-likeness (QED) is 0.332. The number of hydrogen-bond acceptors (Lipinski definition) is 4. The van der Waals surface area contributed by atoms with Crippen molar-refractivity contribution in [3.05, 3.63) is 0 Å². The summed E-state index contributed by atoms with van der Waals surface area (Å²) in [5, 5.41) is 4.12. The molecule has 6 heteroatoms. The molecule has 0 aliphatic carbocycles. The largest absolute Gasteiger partial charge is 0.462 e. The van der Waals surface area contributed by atoms with Gasteiger partial charge in [-0.15, -0.1) is 0 Å². The average Bonchev–Trinajstić information content (AvgIpc) is 2.51. The zero-order valence-electron chi connectivity index (χ0n) is 9.53. The molecule has 2 atom stereocenters. The summed E-state index contributed by atoms with van der Waals surface area (Å²) in [6.45, 7) is 3.78. The van der Waals surface area contributed by atoms with E-state index in [1.807, 2.05) is 13.8 Å². The molecule has 3 N–H and O–H groups in total. The van der Waals surface area contributed by atoms with E-state index in [2.05, 4.69) is 22.7 Å². The summed E-state index contributed by atoms with van der Waals surface area (Å²) in [7, 11) is 0. The Morgan fingerprint density at radius 2 is 2.44 bits per heavy atom. The SMILES string of the molecule is C/C(CC[C@H]1C[C@H](C)OC1=O)=N/NC(N)=S. The van der Waals surface area contributed by atoms with Crippen molar-refractivity contribution in [2.45, 2.75) is 39.2 Å². The van der Waals surface area contributed by atoms with Gasteiger partial charge in [-0.05, 0) is 45.3 Å². The lowest BCUT2D eigenvalue weighted by Gasteiger charge is -2.05. The van der Waals surface area contributed by atoms with Gasteiger partial charge in [-0.2, -0.15) is 5.10 Å². The molecule has 90 valence electrons. The molecule has 1 fully saturated rings. The summed E-state index contributed by atoms with van der Waals surface area (Å²) in [6, 6.07) is 0. The van der Waals surface area contributed by atoms with Gasteiger partial charge < -0.3 is 10.5 Å². The van der Waals surface area contributed by atoms with E-state index in [0.717, 1.165) is 25.0 Å². The fraction of sp³-hybridized carbons (Fsp3) is 0.700. The molecule has 1 aliphatic rings. The highest BCUT2D eigenvalue weighted by molar-refractivity contribution is 7.80. The number of rotatable bonds is 4. The van der Waals surface area contributed by atoms with Gasteiger partial charge in [-0.1, -0.05) is 0 Å². The lowest BCUT2D eigenvalue weighted by Crippen LogP contribution is -2.25. The van der Waals surface area contributed by atoms with Crippen LogP contribution in [0.2, 0.25) is 0 Å². The van der Waals surface area contributed by atoms with Gasteiger partial charge in [0.1, 0.15) is 0 Å². The van der Waals surface area contributed by atoms with Gasteiger partial charge >= 0.3 is 5.97 Å². The lowest BCUT2D eigenvalue weighted by atomic mass is 9.98. The van der Waals surface area contributed by atoms with E-state index >= 15 is 0 Å². The number of ether oxygens (including phenoxy) is 1. The molecular formula is C10H17N3O2S. The van der Waals surface area contributed by atoms with Gasteiger partial charge in [0.25, 0.3) is 0 Å². The Morgan fingerprint density at radius 3 is 2.94 bits per heavy atom. The predicted molar refractivity (Wildman–Crippen MR) is 65.9 cm³/mol. The first-order valence-corrected chi connectivity index (χ1v) is 5.69. The number of nitrogens with zero attached hydrogens (tertiary/aromatic N) is 1. The second-order valence-corrected chi connectivity index (χ2v) is 4.48. The molecule has 0 unspecified atom stereocenters. The molecule has 0 spiro atoms. The highest BCUT2D eigenvalue weighted by Crippen LogP contribution is 2.24. The molecule has 16 heavy (non-hydrogen) atoms. The minimum Gasteiger partial charge on any atom is -0.462 e. The standard InChI is InChI=1S/C10H17N3O2S/c1-6(12-13-10(11)16)3-4-8-5-7(2)15-9(8)14/h7-8H,3-5H2,1-2H3,(H3,11,13,16)/b12-6-/t7-,8-/m0/s1. The van der Waals surface area contributed by atoms with Crippen molar-refractivity contribution in [2.75, 3.05) is 0 Å². The van der Waals surface area contributed by atoms with E-state index in [0.29, 0.717) is 0 Å². The van der Waals surface area contributed by atoms with Crippen LogP contribution in [0.25, 0.3) is 0 Å². The maximum absolute atomic E-state index is 11.3. The molecule has 0 saturated carbocycles. The number of carbonyl (C=O) groups is 1. The minimum absolute atomic E-state index is 0.00461. The summed E-state index contributed by atoms with van der Waals surface area (Å²) < 4.78 is 5.07.